The van der Waals surface area contributed by atoms with Crippen molar-refractivity contribution in [2.75, 3.05) is 37.2 Å². The Labute approximate surface area is 104 Å². The van der Waals surface area contributed by atoms with Crippen molar-refractivity contribution in [1.29, 1.82) is 0 Å². The summed E-state index contributed by atoms with van der Waals surface area (Å²) in [6.45, 7) is 0.228. The minimum Gasteiger partial charge on any atom is -0.358 e. The van der Waals surface area contributed by atoms with Crippen LogP contribution >= 0.6 is 11.8 Å². The van der Waals surface area contributed by atoms with Crippen LogP contribution in [0.5, 0.6) is 0 Å². The van der Waals surface area contributed by atoms with E-state index in [1.165, 1.54) is 11.8 Å². The van der Waals surface area contributed by atoms with Gasteiger partial charge in [-0.05, 0) is 6.26 Å². The summed E-state index contributed by atoms with van der Waals surface area (Å²) in [7, 11) is 3.37. The minimum absolute atomic E-state index is 0.0842. The van der Waals surface area contributed by atoms with Crippen LogP contribution in [0.2, 0.25) is 0 Å². The molecule has 0 spiro atoms. The van der Waals surface area contributed by atoms with E-state index in [9.17, 15) is 4.79 Å². The maximum absolute atomic E-state index is 11.3. The van der Waals surface area contributed by atoms with E-state index in [0.717, 1.165) is 0 Å². The van der Waals surface area contributed by atoms with E-state index in [1.54, 1.807) is 25.1 Å². The molecule has 1 rings (SSSR count). The zero-order chi connectivity index (χ0) is 12.8. The number of rotatable bonds is 5. The van der Waals surface area contributed by atoms with Crippen molar-refractivity contribution in [3.8, 4) is 0 Å². The standard InChI is InChI=1S/C9H16N6OS/c1-11-8(16)5-15(2)7-4-6(14-10)12-9(13-7)17-3/h4H,5,10H2,1-3H3,(H,11,16)(H,12,13,14). The molecule has 0 saturated carbocycles. The predicted octanol–water partition coefficient (Wildman–Crippen LogP) is -0.334. The zero-order valence-corrected chi connectivity index (χ0v) is 10.8. The third-order valence-corrected chi connectivity index (χ3v) is 2.62. The lowest BCUT2D eigenvalue weighted by Gasteiger charge is -2.18. The molecule has 7 nitrogen and oxygen atoms in total. The number of aromatic nitrogens is 2. The Morgan fingerprint density at radius 2 is 2.29 bits per heavy atom. The number of nitrogens with zero attached hydrogens (tertiary/aromatic N) is 3. The van der Waals surface area contributed by atoms with E-state index in [2.05, 4.69) is 20.7 Å². The molecule has 0 unspecified atom stereocenters. The van der Waals surface area contributed by atoms with Crippen LogP contribution in [-0.2, 0) is 4.79 Å². The van der Waals surface area contributed by atoms with Gasteiger partial charge in [-0.1, -0.05) is 11.8 Å². The maximum Gasteiger partial charge on any atom is 0.239 e. The van der Waals surface area contributed by atoms with Crippen molar-refractivity contribution in [3.63, 3.8) is 0 Å². The first kappa shape index (κ1) is 13.5. The second-order valence-electron chi connectivity index (χ2n) is 3.27. The first-order chi connectivity index (χ1) is 8.10. The van der Waals surface area contributed by atoms with E-state index in [-0.39, 0.29) is 12.5 Å². The molecule has 0 fully saturated rings. The van der Waals surface area contributed by atoms with Crippen LogP contribution in [0.15, 0.2) is 11.2 Å². The van der Waals surface area contributed by atoms with Gasteiger partial charge in [-0.2, -0.15) is 0 Å². The Kier molecular flexibility index (Phi) is 4.98. The van der Waals surface area contributed by atoms with E-state index < -0.39 is 0 Å². The first-order valence-electron chi connectivity index (χ1n) is 4.92. The number of hydrazine groups is 1. The van der Waals surface area contributed by atoms with Crippen LogP contribution in [0.1, 0.15) is 0 Å². The largest absolute Gasteiger partial charge is 0.358 e. The highest BCUT2D eigenvalue weighted by Gasteiger charge is 2.10. The van der Waals surface area contributed by atoms with Crippen molar-refractivity contribution in [3.05, 3.63) is 6.07 Å². The molecule has 0 aromatic carbocycles. The molecule has 1 heterocycles. The third-order valence-electron chi connectivity index (χ3n) is 2.07. The number of anilines is 2. The van der Waals surface area contributed by atoms with Gasteiger partial charge in [-0.15, -0.1) is 0 Å². The molecule has 0 atom stereocenters. The second-order valence-corrected chi connectivity index (χ2v) is 4.05. The summed E-state index contributed by atoms with van der Waals surface area (Å²) >= 11 is 1.41. The number of amides is 1. The number of nitrogen functional groups attached to an aromatic ring is 1. The van der Waals surface area contributed by atoms with Gasteiger partial charge < -0.3 is 15.6 Å². The fourth-order valence-corrected chi connectivity index (χ4v) is 1.52. The Balaban J connectivity index is 2.91. The van der Waals surface area contributed by atoms with Crippen molar-refractivity contribution >= 4 is 29.3 Å². The van der Waals surface area contributed by atoms with Gasteiger partial charge in [0.15, 0.2) is 5.16 Å². The number of carbonyl (C=O) groups is 1. The number of thioether (sulfide) groups is 1. The van der Waals surface area contributed by atoms with E-state index in [4.69, 9.17) is 5.84 Å². The quantitative estimate of drug-likeness (QED) is 0.287. The fourth-order valence-electron chi connectivity index (χ4n) is 1.15. The smallest absolute Gasteiger partial charge is 0.239 e. The normalized spacial score (nSPS) is 9.88. The molecule has 1 aromatic heterocycles. The number of likely N-dealkylation sites (N-methyl/N-ethyl adjacent to an activating group) is 2. The van der Waals surface area contributed by atoms with Crippen molar-refractivity contribution < 1.29 is 4.79 Å². The van der Waals surface area contributed by atoms with Gasteiger partial charge in [-0.3, -0.25) is 4.79 Å². The van der Waals surface area contributed by atoms with Crippen LogP contribution in [0.25, 0.3) is 0 Å². The summed E-state index contributed by atoms with van der Waals surface area (Å²) in [6.07, 6.45) is 1.87. The molecule has 0 bridgehead atoms. The maximum atomic E-state index is 11.3. The summed E-state index contributed by atoms with van der Waals surface area (Å²) in [5.41, 5.74) is 2.47. The number of hydrogen-bond donors (Lipinski definition) is 3. The highest BCUT2D eigenvalue weighted by Crippen LogP contribution is 2.18. The van der Waals surface area contributed by atoms with Crippen LogP contribution in [-0.4, -0.2) is 42.8 Å². The lowest BCUT2D eigenvalue weighted by Crippen LogP contribution is -2.33. The summed E-state index contributed by atoms with van der Waals surface area (Å²) in [4.78, 5) is 21.4. The van der Waals surface area contributed by atoms with E-state index in [1.807, 2.05) is 6.26 Å². The second kappa shape index (κ2) is 6.26. The molecule has 17 heavy (non-hydrogen) atoms. The Morgan fingerprint density at radius 1 is 1.59 bits per heavy atom. The average Bonchev–Trinajstić information content (AvgIpc) is 2.37. The number of hydrogen-bond acceptors (Lipinski definition) is 7. The van der Waals surface area contributed by atoms with Crippen molar-refractivity contribution in [2.24, 2.45) is 5.84 Å². The lowest BCUT2D eigenvalue weighted by atomic mass is 10.4. The van der Waals surface area contributed by atoms with Crippen LogP contribution in [0, 0.1) is 0 Å². The Morgan fingerprint density at radius 3 is 2.82 bits per heavy atom. The Hall–Kier alpha value is -1.54. The molecule has 1 amide bonds. The predicted molar refractivity (Wildman–Crippen MR) is 69.0 cm³/mol. The average molecular weight is 256 g/mol. The van der Waals surface area contributed by atoms with Crippen molar-refractivity contribution in [1.82, 2.24) is 15.3 Å². The van der Waals surface area contributed by atoms with Gasteiger partial charge in [0.1, 0.15) is 11.6 Å². The Bertz CT molecular complexity index is 377. The third kappa shape index (κ3) is 3.75. The van der Waals surface area contributed by atoms with Gasteiger partial charge in [0, 0.05) is 20.2 Å². The summed E-state index contributed by atoms with van der Waals surface area (Å²) in [5.74, 6) is 6.39. The van der Waals surface area contributed by atoms with Gasteiger partial charge in [-0.25, -0.2) is 15.8 Å². The molecular formula is C9H16N6OS. The highest BCUT2D eigenvalue weighted by molar-refractivity contribution is 7.98. The van der Waals surface area contributed by atoms with Crippen LogP contribution in [0.3, 0.4) is 0 Å². The molecule has 1 aromatic rings. The fraction of sp³-hybridized carbons (Fsp3) is 0.444. The molecular weight excluding hydrogens is 240 g/mol. The topological polar surface area (TPSA) is 96.2 Å². The molecule has 0 aliphatic carbocycles. The summed E-state index contributed by atoms with van der Waals surface area (Å²) in [5, 5.41) is 3.15. The van der Waals surface area contributed by atoms with Crippen LogP contribution in [0.4, 0.5) is 11.6 Å². The molecule has 0 radical (unpaired) electrons. The summed E-state index contributed by atoms with van der Waals surface area (Å²) < 4.78 is 0. The zero-order valence-electron chi connectivity index (χ0n) is 10.0. The van der Waals surface area contributed by atoms with Crippen LogP contribution < -0.4 is 21.5 Å². The van der Waals surface area contributed by atoms with Gasteiger partial charge in [0.05, 0.1) is 6.54 Å². The molecule has 4 N–H and O–H groups in total. The minimum atomic E-state index is -0.0842. The lowest BCUT2D eigenvalue weighted by molar-refractivity contribution is -0.119. The van der Waals surface area contributed by atoms with E-state index in [0.29, 0.717) is 16.8 Å². The van der Waals surface area contributed by atoms with Crippen molar-refractivity contribution in [2.45, 2.75) is 5.16 Å². The SMILES string of the molecule is CNC(=O)CN(C)c1cc(NN)nc(SC)n1. The molecule has 0 aliphatic rings. The monoisotopic (exact) mass is 256 g/mol. The number of nitrogens with one attached hydrogen (secondary N) is 2. The van der Waals surface area contributed by atoms with Gasteiger partial charge >= 0.3 is 0 Å². The molecule has 0 saturated heterocycles. The van der Waals surface area contributed by atoms with E-state index >= 15 is 0 Å². The molecule has 0 aliphatic heterocycles. The first-order valence-corrected chi connectivity index (χ1v) is 6.14. The van der Waals surface area contributed by atoms with Gasteiger partial charge in [0.25, 0.3) is 0 Å². The molecule has 94 valence electrons. The highest BCUT2D eigenvalue weighted by atomic mass is 32.2. The number of nitrogens with two attached hydrogens (primary N) is 1. The molecule has 8 heteroatoms. The van der Waals surface area contributed by atoms with Gasteiger partial charge in [0.2, 0.25) is 5.91 Å². The summed E-state index contributed by atoms with van der Waals surface area (Å²) in [6, 6.07) is 1.68. The number of carbonyl (C=O) groups excluding carboxylic acids is 1.